The lowest BCUT2D eigenvalue weighted by Crippen LogP contribution is -2.46. The molecule has 1 atom stereocenters. The number of carboxylic acid groups (broad SMARTS) is 1. The van der Waals surface area contributed by atoms with Crippen molar-refractivity contribution >= 4 is 46.3 Å². The largest absolute Gasteiger partial charge is 0.496 e. The first-order valence-electron chi connectivity index (χ1n) is 6.23. The van der Waals surface area contributed by atoms with Crippen LogP contribution in [0.5, 0.6) is 5.75 Å². The number of nitrogens with zero attached hydrogens (tertiary/aromatic N) is 1. The van der Waals surface area contributed by atoms with E-state index in [-0.39, 0.29) is 9.23 Å². The number of amides is 1. The number of aliphatic hydroxyl groups excluding tert-OH is 1. The molecule has 1 unspecified atom stereocenters. The monoisotopic (exact) mass is 339 g/mol. The molecule has 0 aromatic heterocycles. The molecule has 0 aliphatic carbocycles. The summed E-state index contributed by atoms with van der Waals surface area (Å²) in [6, 6.07) is 5.74. The number of para-hydroxylation sites is 1. The van der Waals surface area contributed by atoms with Gasteiger partial charge in [0.25, 0.3) is 5.91 Å². The molecule has 1 fully saturated rings. The van der Waals surface area contributed by atoms with Gasteiger partial charge in [-0.3, -0.25) is 9.69 Å². The molecule has 0 spiro atoms. The summed E-state index contributed by atoms with van der Waals surface area (Å²) < 4.78 is 5.31. The number of thiocarbonyl (C=S) groups is 1. The Morgan fingerprint density at radius 1 is 1.50 bits per heavy atom. The molecule has 2 N–H and O–H groups in total. The number of benzene rings is 1. The Kier molecular flexibility index (Phi) is 5.17. The number of methoxy groups -OCH3 is 1. The summed E-state index contributed by atoms with van der Waals surface area (Å²) in [5.41, 5.74) is 0.682. The number of hydrogen-bond donors (Lipinski definition) is 2. The maximum absolute atomic E-state index is 12.4. The standard InChI is InChI=1S/C14H13NO5S2/c1-20-10-5-3-2-4-8(10)6-11-12(17)15(14(21)22-11)9(7-16)13(18)19/h2-6,9,16H,7H2,1H3,(H,18,19). The minimum Gasteiger partial charge on any atom is -0.496 e. The number of aliphatic carboxylic acids is 1. The molecule has 0 bridgehead atoms. The van der Waals surface area contributed by atoms with Gasteiger partial charge in [-0.05, 0) is 12.1 Å². The normalized spacial score (nSPS) is 17.9. The predicted octanol–water partition coefficient (Wildman–Crippen LogP) is 1.34. The summed E-state index contributed by atoms with van der Waals surface area (Å²) >= 11 is 6.05. The molecule has 0 saturated carbocycles. The van der Waals surface area contributed by atoms with Gasteiger partial charge in [0.15, 0.2) is 6.04 Å². The van der Waals surface area contributed by atoms with Crippen LogP contribution in [0.25, 0.3) is 6.08 Å². The fraction of sp³-hybridized carbons (Fsp3) is 0.214. The number of carbonyl (C=O) groups excluding carboxylic acids is 1. The van der Waals surface area contributed by atoms with Crippen LogP contribution in [0, 0.1) is 0 Å². The molecule has 1 aromatic rings. The number of aliphatic hydroxyl groups is 1. The number of carboxylic acids is 1. The highest BCUT2D eigenvalue weighted by molar-refractivity contribution is 8.26. The Labute approximate surface area is 136 Å². The maximum Gasteiger partial charge on any atom is 0.329 e. The van der Waals surface area contributed by atoms with Crippen molar-refractivity contribution in [2.24, 2.45) is 0 Å². The van der Waals surface area contributed by atoms with Crippen molar-refractivity contribution in [2.75, 3.05) is 13.7 Å². The second-order valence-corrected chi connectivity index (χ2v) is 6.01. The molecular weight excluding hydrogens is 326 g/mol. The molecule has 22 heavy (non-hydrogen) atoms. The topological polar surface area (TPSA) is 87.1 Å². The summed E-state index contributed by atoms with van der Waals surface area (Å²) in [6.07, 6.45) is 1.59. The second kappa shape index (κ2) is 6.91. The van der Waals surface area contributed by atoms with Gasteiger partial charge < -0.3 is 14.9 Å². The van der Waals surface area contributed by atoms with E-state index < -0.39 is 24.5 Å². The third-order valence-corrected chi connectivity index (χ3v) is 4.35. The highest BCUT2D eigenvalue weighted by Gasteiger charge is 2.40. The van der Waals surface area contributed by atoms with Crippen LogP contribution in [0.15, 0.2) is 29.2 Å². The van der Waals surface area contributed by atoms with Crippen molar-refractivity contribution in [3.63, 3.8) is 0 Å². The van der Waals surface area contributed by atoms with E-state index in [0.29, 0.717) is 11.3 Å². The predicted molar refractivity (Wildman–Crippen MR) is 86.5 cm³/mol. The van der Waals surface area contributed by atoms with E-state index in [1.807, 2.05) is 0 Å². The third kappa shape index (κ3) is 3.13. The van der Waals surface area contributed by atoms with E-state index in [9.17, 15) is 9.59 Å². The Bertz CT molecular complexity index is 658. The molecule has 1 aliphatic heterocycles. The van der Waals surface area contributed by atoms with Gasteiger partial charge in [-0.2, -0.15) is 0 Å². The van der Waals surface area contributed by atoms with E-state index in [2.05, 4.69) is 0 Å². The fourth-order valence-electron chi connectivity index (χ4n) is 1.95. The highest BCUT2D eigenvalue weighted by Crippen LogP contribution is 2.35. The van der Waals surface area contributed by atoms with Crippen LogP contribution in [0.4, 0.5) is 0 Å². The molecule has 1 heterocycles. The average molecular weight is 339 g/mol. The quantitative estimate of drug-likeness (QED) is 0.618. The molecule has 1 amide bonds. The van der Waals surface area contributed by atoms with E-state index in [0.717, 1.165) is 16.7 Å². The van der Waals surface area contributed by atoms with Crippen LogP contribution in [-0.2, 0) is 9.59 Å². The molecule has 1 saturated heterocycles. The lowest BCUT2D eigenvalue weighted by atomic mass is 10.2. The first-order chi connectivity index (χ1) is 10.5. The van der Waals surface area contributed by atoms with Gasteiger partial charge in [0.1, 0.15) is 10.1 Å². The lowest BCUT2D eigenvalue weighted by molar-refractivity contribution is -0.146. The van der Waals surface area contributed by atoms with Gasteiger partial charge in [0.2, 0.25) is 0 Å². The summed E-state index contributed by atoms with van der Waals surface area (Å²) in [5, 5.41) is 18.2. The van der Waals surface area contributed by atoms with Gasteiger partial charge in [0.05, 0.1) is 18.6 Å². The smallest absolute Gasteiger partial charge is 0.329 e. The van der Waals surface area contributed by atoms with E-state index >= 15 is 0 Å². The first kappa shape index (κ1) is 16.5. The molecule has 2 rings (SSSR count). The minimum atomic E-state index is -1.38. The summed E-state index contributed by atoms with van der Waals surface area (Å²) in [4.78, 5) is 24.7. The molecular formula is C14H13NO5S2. The summed E-state index contributed by atoms with van der Waals surface area (Å²) in [6.45, 7) is -0.705. The van der Waals surface area contributed by atoms with Crippen molar-refractivity contribution in [2.45, 2.75) is 6.04 Å². The third-order valence-electron chi connectivity index (χ3n) is 3.02. The molecule has 116 valence electrons. The zero-order valence-corrected chi connectivity index (χ0v) is 13.2. The van der Waals surface area contributed by atoms with Crippen LogP contribution in [0.2, 0.25) is 0 Å². The number of hydrogen-bond acceptors (Lipinski definition) is 6. The van der Waals surface area contributed by atoms with E-state index in [4.69, 9.17) is 27.2 Å². The van der Waals surface area contributed by atoms with Gasteiger partial charge in [-0.25, -0.2) is 4.79 Å². The molecule has 6 nitrogen and oxygen atoms in total. The van der Waals surface area contributed by atoms with Crippen LogP contribution < -0.4 is 4.74 Å². The van der Waals surface area contributed by atoms with Crippen molar-refractivity contribution < 1.29 is 24.5 Å². The summed E-state index contributed by atoms with van der Waals surface area (Å²) in [5.74, 6) is -1.26. The number of carbonyl (C=O) groups is 2. The Morgan fingerprint density at radius 2 is 2.18 bits per heavy atom. The molecule has 1 aliphatic rings. The van der Waals surface area contributed by atoms with Crippen LogP contribution >= 0.6 is 24.0 Å². The summed E-state index contributed by atoms with van der Waals surface area (Å²) in [7, 11) is 1.52. The lowest BCUT2D eigenvalue weighted by Gasteiger charge is -2.20. The van der Waals surface area contributed by atoms with Gasteiger partial charge in [-0.1, -0.05) is 42.2 Å². The number of rotatable bonds is 5. The zero-order valence-electron chi connectivity index (χ0n) is 11.6. The Balaban J connectivity index is 2.35. The van der Waals surface area contributed by atoms with Crippen LogP contribution in [0.3, 0.4) is 0 Å². The van der Waals surface area contributed by atoms with Gasteiger partial charge in [0, 0.05) is 5.56 Å². The fourth-order valence-corrected chi connectivity index (χ4v) is 3.29. The second-order valence-electron chi connectivity index (χ2n) is 4.33. The molecule has 8 heteroatoms. The Hall–Kier alpha value is -1.90. The molecule has 1 aromatic carbocycles. The number of thioether (sulfide) groups is 1. The van der Waals surface area contributed by atoms with E-state index in [1.54, 1.807) is 30.3 Å². The maximum atomic E-state index is 12.4. The van der Waals surface area contributed by atoms with Gasteiger partial charge in [-0.15, -0.1) is 0 Å². The number of ether oxygens (including phenoxy) is 1. The first-order valence-corrected chi connectivity index (χ1v) is 7.45. The van der Waals surface area contributed by atoms with Crippen molar-refractivity contribution in [3.05, 3.63) is 34.7 Å². The zero-order chi connectivity index (χ0) is 16.3. The SMILES string of the molecule is COc1ccccc1C=C1SC(=S)N(C(CO)C(=O)O)C1=O. The van der Waals surface area contributed by atoms with E-state index in [1.165, 1.54) is 7.11 Å². The van der Waals surface area contributed by atoms with Crippen LogP contribution in [-0.4, -0.2) is 51.1 Å². The van der Waals surface area contributed by atoms with Crippen molar-refractivity contribution in [1.82, 2.24) is 4.90 Å². The molecule has 0 radical (unpaired) electrons. The Morgan fingerprint density at radius 3 is 2.77 bits per heavy atom. The van der Waals surface area contributed by atoms with Gasteiger partial charge >= 0.3 is 5.97 Å². The highest BCUT2D eigenvalue weighted by atomic mass is 32.2. The van der Waals surface area contributed by atoms with Crippen molar-refractivity contribution in [3.8, 4) is 5.75 Å². The van der Waals surface area contributed by atoms with Crippen LogP contribution in [0.1, 0.15) is 5.56 Å². The minimum absolute atomic E-state index is 0.104. The average Bonchev–Trinajstić information content (AvgIpc) is 2.76. The van der Waals surface area contributed by atoms with Crippen molar-refractivity contribution in [1.29, 1.82) is 0 Å².